The first-order valence-electron chi connectivity index (χ1n) is 4.30. The van der Waals surface area contributed by atoms with Crippen LogP contribution in [0.1, 0.15) is 26.7 Å². The number of hydrogen-bond donors (Lipinski definition) is 2. The Balaban J connectivity index is 0.000000231. The van der Waals surface area contributed by atoms with Gasteiger partial charge in [-0.15, -0.1) is 0 Å². The molecule has 0 aromatic heterocycles. The Kier molecular flexibility index (Phi) is 2.32. The van der Waals surface area contributed by atoms with Gasteiger partial charge in [0.2, 0.25) is 0 Å². The van der Waals surface area contributed by atoms with E-state index in [1.54, 1.807) is 0 Å². The molecule has 1 heterocycles. The summed E-state index contributed by atoms with van der Waals surface area (Å²) < 4.78 is 0. The van der Waals surface area contributed by atoms with Crippen molar-refractivity contribution in [3.8, 4) is 0 Å². The molecule has 2 aliphatic rings. The second kappa shape index (κ2) is 2.89. The van der Waals surface area contributed by atoms with Gasteiger partial charge in [0.05, 0.1) is 0 Å². The SMILES string of the molecule is CC.NC1CCC12CNC2. The lowest BCUT2D eigenvalue weighted by molar-refractivity contribution is 0.0297. The average molecular weight is 142 g/mol. The highest BCUT2D eigenvalue weighted by molar-refractivity contribution is 5.06. The van der Waals surface area contributed by atoms with E-state index in [4.69, 9.17) is 5.73 Å². The second-order valence-corrected chi connectivity index (χ2v) is 3.11. The van der Waals surface area contributed by atoms with Crippen LogP contribution in [0.3, 0.4) is 0 Å². The molecule has 0 amide bonds. The summed E-state index contributed by atoms with van der Waals surface area (Å²) in [5, 5.41) is 3.25. The molecule has 2 fully saturated rings. The molecule has 60 valence electrons. The predicted molar refractivity (Wildman–Crippen MR) is 43.9 cm³/mol. The summed E-state index contributed by atoms with van der Waals surface area (Å²) in [5.41, 5.74) is 6.35. The highest BCUT2D eigenvalue weighted by Crippen LogP contribution is 2.42. The van der Waals surface area contributed by atoms with Crippen molar-refractivity contribution in [3.63, 3.8) is 0 Å². The van der Waals surface area contributed by atoms with E-state index in [9.17, 15) is 0 Å². The standard InChI is InChI=1S/C6H12N2.C2H6/c7-5-1-2-6(5)3-8-4-6;1-2/h5,8H,1-4,7H2;1-2H3. The van der Waals surface area contributed by atoms with E-state index >= 15 is 0 Å². The normalized spacial score (nSPS) is 33.3. The molecule has 1 atom stereocenters. The van der Waals surface area contributed by atoms with Gasteiger partial charge in [0.25, 0.3) is 0 Å². The Labute approximate surface area is 63.2 Å². The zero-order chi connectivity index (χ0) is 7.61. The lowest BCUT2D eigenvalue weighted by Gasteiger charge is -2.54. The summed E-state index contributed by atoms with van der Waals surface area (Å²) >= 11 is 0. The molecule has 1 saturated heterocycles. The quantitative estimate of drug-likeness (QED) is 0.523. The summed E-state index contributed by atoms with van der Waals surface area (Å²) in [4.78, 5) is 0. The van der Waals surface area contributed by atoms with Crippen LogP contribution in [0.15, 0.2) is 0 Å². The van der Waals surface area contributed by atoms with E-state index in [1.807, 2.05) is 13.8 Å². The van der Waals surface area contributed by atoms with Gasteiger partial charge in [-0.25, -0.2) is 0 Å². The molecule has 2 rings (SSSR count). The molecule has 0 aromatic rings. The maximum absolute atomic E-state index is 5.78. The van der Waals surface area contributed by atoms with Gasteiger partial charge in [-0.1, -0.05) is 13.8 Å². The third-order valence-electron chi connectivity index (χ3n) is 2.69. The lowest BCUT2D eigenvalue weighted by atomic mass is 9.61. The summed E-state index contributed by atoms with van der Waals surface area (Å²) in [6.07, 6.45) is 2.61. The van der Waals surface area contributed by atoms with Crippen molar-refractivity contribution in [1.82, 2.24) is 5.32 Å². The van der Waals surface area contributed by atoms with Crippen molar-refractivity contribution in [2.24, 2.45) is 11.1 Å². The van der Waals surface area contributed by atoms with Gasteiger partial charge in [0.15, 0.2) is 0 Å². The number of nitrogens with two attached hydrogens (primary N) is 1. The molecule has 1 aliphatic carbocycles. The molecule has 1 saturated carbocycles. The van der Waals surface area contributed by atoms with Crippen LogP contribution >= 0.6 is 0 Å². The number of rotatable bonds is 0. The van der Waals surface area contributed by atoms with E-state index < -0.39 is 0 Å². The van der Waals surface area contributed by atoms with Crippen molar-refractivity contribution < 1.29 is 0 Å². The smallest absolute Gasteiger partial charge is 0.0120 e. The van der Waals surface area contributed by atoms with E-state index in [1.165, 1.54) is 25.9 Å². The maximum Gasteiger partial charge on any atom is 0.0120 e. The maximum atomic E-state index is 5.78. The topological polar surface area (TPSA) is 38.0 Å². The molecule has 0 aromatic carbocycles. The number of nitrogens with one attached hydrogen (secondary N) is 1. The van der Waals surface area contributed by atoms with Crippen molar-refractivity contribution in [2.45, 2.75) is 32.7 Å². The molecule has 0 radical (unpaired) electrons. The third-order valence-corrected chi connectivity index (χ3v) is 2.69. The van der Waals surface area contributed by atoms with E-state index in [0.29, 0.717) is 11.5 Å². The minimum absolute atomic E-state index is 0.517. The fraction of sp³-hybridized carbons (Fsp3) is 1.00. The summed E-state index contributed by atoms with van der Waals surface area (Å²) in [6, 6.07) is 0.517. The van der Waals surface area contributed by atoms with Crippen molar-refractivity contribution in [2.75, 3.05) is 13.1 Å². The second-order valence-electron chi connectivity index (χ2n) is 3.11. The Morgan fingerprint density at radius 3 is 2.00 bits per heavy atom. The van der Waals surface area contributed by atoms with Gasteiger partial charge >= 0.3 is 0 Å². The van der Waals surface area contributed by atoms with Crippen LogP contribution in [-0.2, 0) is 0 Å². The molecule has 1 aliphatic heterocycles. The molecule has 2 nitrogen and oxygen atoms in total. The Hall–Kier alpha value is -0.0800. The molecular formula is C8H18N2. The fourth-order valence-corrected chi connectivity index (χ4v) is 1.60. The van der Waals surface area contributed by atoms with Crippen LogP contribution in [0, 0.1) is 5.41 Å². The lowest BCUT2D eigenvalue weighted by Crippen LogP contribution is -2.67. The van der Waals surface area contributed by atoms with Crippen LogP contribution in [0.2, 0.25) is 0 Å². The highest BCUT2D eigenvalue weighted by Gasteiger charge is 2.48. The monoisotopic (exact) mass is 142 g/mol. The summed E-state index contributed by atoms with van der Waals surface area (Å²) in [5.74, 6) is 0. The molecule has 1 spiro atoms. The Bertz CT molecular complexity index is 102. The Morgan fingerprint density at radius 2 is 2.00 bits per heavy atom. The first-order chi connectivity index (χ1) is 4.83. The molecular weight excluding hydrogens is 124 g/mol. The van der Waals surface area contributed by atoms with Crippen LogP contribution in [-0.4, -0.2) is 19.1 Å². The highest BCUT2D eigenvalue weighted by atomic mass is 15.0. The van der Waals surface area contributed by atoms with E-state index in [2.05, 4.69) is 5.32 Å². The van der Waals surface area contributed by atoms with Gasteiger partial charge < -0.3 is 11.1 Å². The minimum atomic E-state index is 0.517. The van der Waals surface area contributed by atoms with Gasteiger partial charge in [0.1, 0.15) is 0 Å². The van der Waals surface area contributed by atoms with Crippen molar-refractivity contribution in [1.29, 1.82) is 0 Å². The zero-order valence-corrected chi connectivity index (χ0v) is 6.98. The zero-order valence-electron chi connectivity index (χ0n) is 6.98. The van der Waals surface area contributed by atoms with Gasteiger partial charge in [-0.3, -0.25) is 0 Å². The van der Waals surface area contributed by atoms with Crippen LogP contribution in [0.5, 0.6) is 0 Å². The van der Waals surface area contributed by atoms with Gasteiger partial charge in [-0.05, 0) is 12.8 Å². The first kappa shape index (κ1) is 8.02. The van der Waals surface area contributed by atoms with Crippen molar-refractivity contribution >= 4 is 0 Å². The fourth-order valence-electron chi connectivity index (χ4n) is 1.60. The van der Waals surface area contributed by atoms with Crippen LogP contribution in [0.25, 0.3) is 0 Å². The van der Waals surface area contributed by atoms with E-state index in [-0.39, 0.29) is 0 Å². The molecule has 2 heteroatoms. The average Bonchev–Trinajstić information content (AvgIpc) is 1.86. The van der Waals surface area contributed by atoms with Gasteiger partial charge in [0, 0.05) is 24.5 Å². The van der Waals surface area contributed by atoms with Crippen LogP contribution in [0.4, 0.5) is 0 Å². The third kappa shape index (κ3) is 0.956. The molecule has 0 bridgehead atoms. The summed E-state index contributed by atoms with van der Waals surface area (Å²) in [7, 11) is 0. The minimum Gasteiger partial charge on any atom is -0.327 e. The predicted octanol–water partition coefficient (Wildman–Crippen LogP) is 0.723. The van der Waals surface area contributed by atoms with Crippen molar-refractivity contribution in [3.05, 3.63) is 0 Å². The Morgan fingerprint density at radius 1 is 1.40 bits per heavy atom. The first-order valence-corrected chi connectivity index (χ1v) is 4.30. The van der Waals surface area contributed by atoms with Crippen LogP contribution < -0.4 is 11.1 Å². The molecule has 10 heavy (non-hydrogen) atoms. The number of hydrogen-bond acceptors (Lipinski definition) is 2. The molecule has 3 N–H and O–H groups in total. The van der Waals surface area contributed by atoms with Gasteiger partial charge in [-0.2, -0.15) is 0 Å². The molecule has 1 unspecified atom stereocenters. The summed E-state index contributed by atoms with van der Waals surface area (Å²) in [6.45, 7) is 6.35. The largest absolute Gasteiger partial charge is 0.327 e. The van der Waals surface area contributed by atoms with E-state index in [0.717, 1.165) is 0 Å².